The molecule has 2 nitrogen and oxygen atoms in total. The fourth-order valence-corrected chi connectivity index (χ4v) is 5.37. The Morgan fingerprint density at radius 1 is 0.378 bits per heavy atom. The van der Waals surface area contributed by atoms with Crippen LogP contribution in [0.2, 0.25) is 0 Å². The minimum absolute atomic E-state index is 0.224. The van der Waals surface area contributed by atoms with Gasteiger partial charge in [-0.1, -0.05) is 103 Å². The summed E-state index contributed by atoms with van der Waals surface area (Å²) < 4.78 is 0. The molecule has 174 valence electrons. The van der Waals surface area contributed by atoms with Crippen molar-refractivity contribution >= 4 is 32.3 Å². The number of nitrogens with zero attached hydrogens (tertiary/aromatic N) is 1. The van der Waals surface area contributed by atoms with Crippen molar-refractivity contribution in [2.45, 2.75) is 0 Å². The predicted octanol–water partition coefficient (Wildman–Crippen LogP) is 9.25. The first kappa shape index (κ1) is 21.3. The number of hydrogen-bond donors (Lipinski definition) is 1. The van der Waals surface area contributed by atoms with E-state index in [1.807, 2.05) is 36.4 Å². The lowest BCUT2D eigenvalue weighted by Gasteiger charge is -2.14. The predicted molar refractivity (Wildman–Crippen MR) is 155 cm³/mol. The van der Waals surface area contributed by atoms with Crippen LogP contribution >= 0.6 is 0 Å². The maximum atomic E-state index is 10.6. The lowest BCUT2D eigenvalue weighted by molar-refractivity contribution is 0.477. The van der Waals surface area contributed by atoms with E-state index in [0.29, 0.717) is 0 Å². The largest absolute Gasteiger partial charge is 0.507 e. The molecule has 0 saturated heterocycles. The van der Waals surface area contributed by atoms with Crippen molar-refractivity contribution in [2.24, 2.45) is 0 Å². The summed E-state index contributed by atoms with van der Waals surface area (Å²) in [4.78, 5) is 4.95. The Labute approximate surface area is 215 Å². The van der Waals surface area contributed by atoms with E-state index in [1.54, 1.807) is 6.07 Å². The summed E-state index contributed by atoms with van der Waals surface area (Å²) in [6, 6.07) is 45.8. The molecule has 0 amide bonds. The first-order chi connectivity index (χ1) is 18.3. The molecular formula is C35H23NO. The van der Waals surface area contributed by atoms with Crippen molar-refractivity contribution in [3.8, 4) is 39.4 Å². The van der Waals surface area contributed by atoms with Crippen molar-refractivity contribution in [3.05, 3.63) is 133 Å². The Balaban J connectivity index is 1.51. The van der Waals surface area contributed by atoms with Crippen LogP contribution in [-0.4, -0.2) is 10.1 Å². The highest BCUT2D eigenvalue weighted by molar-refractivity contribution is 6.25. The van der Waals surface area contributed by atoms with Gasteiger partial charge in [0.25, 0.3) is 0 Å². The Kier molecular flexibility index (Phi) is 4.97. The summed E-state index contributed by atoms with van der Waals surface area (Å²) >= 11 is 0. The Morgan fingerprint density at radius 3 is 1.59 bits per heavy atom. The SMILES string of the molecule is Oc1ccccc1-c1cc(-c2ccc3c4ccccc4c4ccccc4c3c2)cc(-c2ccccc2)n1. The van der Waals surface area contributed by atoms with E-state index in [0.717, 1.165) is 33.6 Å². The van der Waals surface area contributed by atoms with Gasteiger partial charge in [0.15, 0.2) is 0 Å². The number of fused-ring (bicyclic) bond motifs is 6. The van der Waals surface area contributed by atoms with Gasteiger partial charge in [-0.3, -0.25) is 0 Å². The highest BCUT2D eigenvalue weighted by Gasteiger charge is 2.13. The molecule has 2 heteroatoms. The second kappa shape index (κ2) is 8.61. The summed E-state index contributed by atoms with van der Waals surface area (Å²) in [6.45, 7) is 0. The molecule has 7 aromatic rings. The van der Waals surface area contributed by atoms with Gasteiger partial charge in [0.1, 0.15) is 5.75 Å². The smallest absolute Gasteiger partial charge is 0.124 e. The fourth-order valence-electron chi connectivity index (χ4n) is 5.37. The number of phenolic OH excluding ortho intramolecular Hbond substituents is 1. The van der Waals surface area contributed by atoms with Gasteiger partial charge in [0.2, 0.25) is 0 Å². The molecule has 37 heavy (non-hydrogen) atoms. The number of phenols is 1. The van der Waals surface area contributed by atoms with Gasteiger partial charge < -0.3 is 5.11 Å². The molecular weight excluding hydrogens is 450 g/mol. The molecule has 0 bridgehead atoms. The van der Waals surface area contributed by atoms with E-state index in [2.05, 4.69) is 91.0 Å². The Bertz CT molecular complexity index is 1900. The van der Waals surface area contributed by atoms with E-state index < -0.39 is 0 Å². The van der Waals surface area contributed by atoms with E-state index in [-0.39, 0.29) is 5.75 Å². The van der Waals surface area contributed by atoms with Gasteiger partial charge in [0.05, 0.1) is 11.4 Å². The van der Waals surface area contributed by atoms with Crippen LogP contribution in [0.5, 0.6) is 5.75 Å². The fraction of sp³-hybridized carbons (Fsp3) is 0. The second-order valence-corrected chi connectivity index (χ2v) is 9.36. The Hall–Kier alpha value is -4.95. The minimum Gasteiger partial charge on any atom is -0.507 e. The molecule has 0 aliphatic heterocycles. The third-order valence-corrected chi connectivity index (χ3v) is 7.15. The van der Waals surface area contributed by atoms with Crippen molar-refractivity contribution in [2.75, 3.05) is 0 Å². The number of para-hydroxylation sites is 1. The van der Waals surface area contributed by atoms with Gasteiger partial charge >= 0.3 is 0 Å². The number of hydrogen-bond acceptors (Lipinski definition) is 2. The zero-order valence-corrected chi connectivity index (χ0v) is 20.1. The molecule has 0 unspecified atom stereocenters. The summed E-state index contributed by atoms with van der Waals surface area (Å²) in [7, 11) is 0. The highest BCUT2D eigenvalue weighted by atomic mass is 16.3. The monoisotopic (exact) mass is 473 g/mol. The average molecular weight is 474 g/mol. The summed E-state index contributed by atoms with van der Waals surface area (Å²) in [5, 5.41) is 18.1. The molecule has 1 aromatic heterocycles. The average Bonchev–Trinajstić information content (AvgIpc) is 2.97. The zero-order valence-electron chi connectivity index (χ0n) is 20.1. The summed E-state index contributed by atoms with van der Waals surface area (Å²) in [5.41, 5.74) is 5.56. The van der Waals surface area contributed by atoms with Crippen LogP contribution in [0.1, 0.15) is 0 Å². The quantitative estimate of drug-likeness (QED) is 0.259. The van der Waals surface area contributed by atoms with Crippen LogP contribution in [0.25, 0.3) is 66.0 Å². The van der Waals surface area contributed by atoms with Crippen LogP contribution in [0.3, 0.4) is 0 Å². The molecule has 0 atom stereocenters. The topological polar surface area (TPSA) is 33.1 Å². The van der Waals surface area contributed by atoms with Crippen molar-refractivity contribution in [1.82, 2.24) is 4.98 Å². The van der Waals surface area contributed by atoms with Crippen LogP contribution in [0, 0.1) is 0 Å². The van der Waals surface area contributed by atoms with Gasteiger partial charge in [-0.25, -0.2) is 4.98 Å². The van der Waals surface area contributed by atoms with E-state index in [4.69, 9.17) is 4.98 Å². The van der Waals surface area contributed by atoms with Crippen LogP contribution in [0.4, 0.5) is 0 Å². The lowest BCUT2D eigenvalue weighted by atomic mass is 9.91. The van der Waals surface area contributed by atoms with Crippen molar-refractivity contribution in [1.29, 1.82) is 0 Å². The molecule has 1 N–H and O–H groups in total. The number of aromatic hydroxyl groups is 1. The Morgan fingerprint density at radius 2 is 0.919 bits per heavy atom. The highest BCUT2D eigenvalue weighted by Crippen LogP contribution is 2.39. The van der Waals surface area contributed by atoms with E-state index >= 15 is 0 Å². The molecule has 7 rings (SSSR count). The molecule has 6 aromatic carbocycles. The first-order valence-electron chi connectivity index (χ1n) is 12.5. The van der Waals surface area contributed by atoms with Gasteiger partial charge in [0, 0.05) is 11.1 Å². The molecule has 0 aliphatic rings. The standard InChI is InChI=1S/C35H23NO/c37-35-17-9-8-16-31(35)34-22-25(21-33(36-34)23-10-2-1-3-11-23)24-18-19-30-28-14-5-4-12-26(28)27-13-6-7-15-29(27)32(30)20-24/h1-22,37H. The molecule has 1 heterocycles. The van der Waals surface area contributed by atoms with E-state index in [1.165, 1.54) is 32.3 Å². The molecule has 0 fully saturated rings. The molecule has 0 spiro atoms. The van der Waals surface area contributed by atoms with Gasteiger partial charge in [-0.2, -0.15) is 0 Å². The maximum Gasteiger partial charge on any atom is 0.124 e. The molecule has 0 radical (unpaired) electrons. The van der Waals surface area contributed by atoms with Gasteiger partial charge in [-0.15, -0.1) is 0 Å². The van der Waals surface area contributed by atoms with Crippen LogP contribution in [0.15, 0.2) is 133 Å². The first-order valence-corrected chi connectivity index (χ1v) is 12.5. The molecule has 0 saturated carbocycles. The number of rotatable bonds is 3. The van der Waals surface area contributed by atoms with Crippen molar-refractivity contribution < 1.29 is 5.11 Å². The normalized spacial score (nSPS) is 11.4. The summed E-state index contributed by atoms with van der Waals surface area (Å²) in [5.74, 6) is 0.224. The number of benzene rings is 6. The van der Waals surface area contributed by atoms with E-state index in [9.17, 15) is 5.11 Å². The van der Waals surface area contributed by atoms with Crippen LogP contribution in [-0.2, 0) is 0 Å². The second-order valence-electron chi connectivity index (χ2n) is 9.36. The zero-order chi connectivity index (χ0) is 24.8. The van der Waals surface area contributed by atoms with Crippen LogP contribution < -0.4 is 0 Å². The maximum absolute atomic E-state index is 10.6. The third-order valence-electron chi connectivity index (χ3n) is 7.15. The van der Waals surface area contributed by atoms with Crippen molar-refractivity contribution in [3.63, 3.8) is 0 Å². The number of aromatic nitrogens is 1. The number of pyridine rings is 1. The lowest BCUT2D eigenvalue weighted by Crippen LogP contribution is -1.92. The van der Waals surface area contributed by atoms with Gasteiger partial charge in [-0.05, 0) is 73.8 Å². The minimum atomic E-state index is 0.224. The third kappa shape index (κ3) is 3.62. The molecule has 0 aliphatic carbocycles. The summed E-state index contributed by atoms with van der Waals surface area (Å²) in [6.07, 6.45) is 0.